The summed E-state index contributed by atoms with van der Waals surface area (Å²) in [6.45, 7) is 0. The molecule has 6 heavy (non-hydrogen) atoms. The first-order valence-corrected chi connectivity index (χ1v) is 6.26. The van der Waals surface area contributed by atoms with Crippen LogP contribution in [0.15, 0.2) is 12.3 Å². The number of alkyl halides is 1. The summed E-state index contributed by atoms with van der Waals surface area (Å²) in [6, 6.07) is 0. The molecule has 0 bridgehead atoms. The van der Waals surface area contributed by atoms with Crippen molar-refractivity contribution < 1.29 is 0 Å². The van der Waals surface area contributed by atoms with Crippen LogP contribution in [0.4, 0.5) is 0 Å². The molecule has 0 aliphatic carbocycles. The molecule has 1 unspecified atom stereocenters. The van der Waals surface area contributed by atoms with Crippen LogP contribution < -0.4 is 3.30 Å². The van der Waals surface area contributed by atoms with Gasteiger partial charge in [-0.1, -0.05) is 0 Å². The van der Waals surface area contributed by atoms with E-state index in [2.05, 4.69) is 25.3 Å². The van der Waals surface area contributed by atoms with E-state index in [1.807, 2.05) is 6.20 Å². The van der Waals surface area contributed by atoms with Crippen LogP contribution in [0.2, 0.25) is 0 Å². The molecule has 0 saturated carbocycles. The van der Waals surface area contributed by atoms with Gasteiger partial charge in [0.2, 0.25) is 0 Å². The molecule has 1 N–H and O–H groups in total. The minimum atomic E-state index is -0.352. The third-order valence-corrected chi connectivity index (χ3v) is 5.35. The van der Waals surface area contributed by atoms with Crippen molar-refractivity contribution in [2.24, 2.45) is 0 Å². The zero-order valence-corrected chi connectivity index (χ0v) is 8.07. The average Bonchev–Trinajstić information content (AvgIpc) is 1.86. The fourth-order valence-electron chi connectivity index (χ4n) is 0.351. The summed E-state index contributed by atoms with van der Waals surface area (Å²) < 4.78 is 3.99. The van der Waals surface area contributed by atoms with Crippen molar-refractivity contribution in [3.8, 4) is 0 Å². The van der Waals surface area contributed by atoms with Crippen molar-refractivity contribution in [3.63, 3.8) is 0 Å². The molecule has 0 saturated heterocycles. The molecule has 1 rings (SSSR count). The maximum atomic E-state index is 3.47. The van der Waals surface area contributed by atoms with Gasteiger partial charge in [-0.05, 0) is 0 Å². The van der Waals surface area contributed by atoms with E-state index < -0.39 is 0 Å². The number of nitrogens with one attached hydrogen (secondary N) is 1. The fourth-order valence-corrected chi connectivity index (χ4v) is 3.32. The molecule has 1 radical (unpaired) electrons. The van der Waals surface area contributed by atoms with E-state index in [1.54, 1.807) is 0 Å². The molecular weight excluding hydrogens is 245 g/mol. The van der Waals surface area contributed by atoms with Gasteiger partial charge in [-0.25, -0.2) is 0 Å². The second-order valence-corrected chi connectivity index (χ2v) is 8.93. The van der Waals surface area contributed by atoms with Crippen LogP contribution >= 0.6 is 15.9 Å². The van der Waals surface area contributed by atoms with Crippen LogP contribution in [0, 0.1) is 0 Å². The van der Waals surface area contributed by atoms with E-state index >= 15 is 0 Å². The van der Waals surface area contributed by atoms with E-state index in [0.29, 0.717) is 0 Å². The molecule has 0 aromatic carbocycles. The molecule has 31 valence electrons. The maximum absolute atomic E-state index is 3.47. The van der Waals surface area contributed by atoms with E-state index in [-0.39, 0.29) is 23.2 Å². The summed E-state index contributed by atoms with van der Waals surface area (Å²) in [5.41, 5.74) is 0. The molecular formula is C3H4BrInN. The second-order valence-electron chi connectivity index (χ2n) is 1.14. The van der Waals surface area contributed by atoms with Crippen molar-refractivity contribution in [2.75, 3.05) is 0 Å². The Balaban J connectivity index is 2.38. The van der Waals surface area contributed by atoms with Crippen LogP contribution in [-0.2, 0) is 0 Å². The van der Waals surface area contributed by atoms with Gasteiger partial charge in [0.15, 0.2) is 0 Å². The molecule has 1 atom stereocenters. The molecule has 1 heterocycles. The normalized spacial score (nSPS) is 29.2. The predicted octanol–water partition coefficient (Wildman–Crippen LogP) is 0.444. The van der Waals surface area contributed by atoms with E-state index in [1.165, 1.54) is 0 Å². The number of hydrogen-bond acceptors (Lipinski definition) is 1. The first-order valence-electron chi connectivity index (χ1n) is 1.80. The first-order chi connectivity index (χ1) is 2.89. The Kier molecular flexibility index (Phi) is 1.90. The Morgan fingerprint density at radius 2 is 2.67 bits per heavy atom. The quantitative estimate of drug-likeness (QED) is 0.614. The molecule has 0 amide bonds. The van der Waals surface area contributed by atoms with Crippen molar-refractivity contribution in [1.82, 2.24) is 3.30 Å². The summed E-state index contributed by atoms with van der Waals surface area (Å²) >= 11 is 3.12. The Morgan fingerprint density at radius 1 is 1.83 bits per heavy atom. The van der Waals surface area contributed by atoms with Crippen LogP contribution in [-0.4, -0.2) is 25.8 Å². The summed E-state index contributed by atoms with van der Waals surface area (Å²) in [6.07, 6.45) is 4.21. The molecule has 0 aromatic heterocycles. The van der Waals surface area contributed by atoms with E-state index in [4.69, 9.17) is 0 Å². The molecule has 1 nitrogen and oxygen atoms in total. The van der Waals surface area contributed by atoms with Crippen molar-refractivity contribution >= 4 is 39.1 Å². The van der Waals surface area contributed by atoms with E-state index in [9.17, 15) is 0 Å². The van der Waals surface area contributed by atoms with Crippen molar-refractivity contribution in [2.45, 2.75) is 2.58 Å². The number of hydrogen-bond donors (Lipinski definition) is 1. The second kappa shape index (κ2) is 2.26. The molecule has 1 aliphatic rings. The van der Waals surface area contributed by atoms with Gasteiger partial charge in [-0.3, -0.25) is 0 Å². The minimum absolute atomic E-state index is 0.352. The van der Waals surface area contributed by atoms with Crippen LogP contribution in [0.5, 0.6) is 0 Å². The summed E-state index contributed by atoms with van der Waals surface area (Å²) in [5, 5.41) is 0. The number of rotatable bonds is 0. The van der Waals surface area contributed by atoms with Crippen LogP contribution in [0.25, 0.3) is 0 Å². The van der Waals surface area contributed by atoms with Gasteiger partial charge in [0.05, 0.1) is 0 Å². The standard InChI is InChI=1S/C3H4BrN.In/c4-2-1-3-5;/h1-3,5H;/q-1;+1. The molecule has 1 aliphatic heterocycles. The van der Waals surface area contributed by atoms with Gasteiger partial charge >= 0.3 is 57.3 Å². The van der Waals surface area contributed by atoms with E-state index in [0.717, 1.165) is 2.58 Å². The molecule has 0 fully saturated rings. The predicted molar refractivity (Wildman–Crippen MR) is 30.7 cm³/mol. The summed E-state index contributed by atoms with van der Waals surface area (Å²) in [5.74, 6) is 0. The Hall–Kier alpha value is 0.890. The van der Waals surface area contributed by atoms with Gasteiger partial charge in [-0.2, -0.15) is 0 Å². The SMILES string of the molecule is Br[CH]1C=C[NH][In]1. The van der Waals surface area contributed by atoms with Gasteiger partial charge in [0, 0.05) is 0 Å². The van der Waals surface area contributed by atoms with Crippen molar-refractivity contribution in [3.05, 3.63) is 12.3 Å². The van der Waals surface area contributed by atoms with Gasteiger partial charge in [-0.15, -0.1) is 0 Å². The third-order valence-electron chi connectivity index (χ3n) is 0.632. The van der Waals surface area contributed by atoms with Crippen LogP contribution in [0.3, 0.4) is 0 Å². The molecule has 0 aromatic rings. The third kappa shape index (κ3) is 1.19. The zero-order valence-electron chi connectivity index (χ0n) is 3.19. The topological polar surface area (TPSA) is 12.0 Å². The number of halogens is 1. The first kappa shape index (κ1) is 5.04. The molecule has 3 heteroatoms. The number of allylic oxidation sites excluding steroid dienone is 1. The molecule has 0 spiro atoms. The average molecular weight is 249 g/mol. The Bertz CT molecular complexity index is 73.2. The Morgan fingerprint density at radius 3 is 2.83 bits per heavy atom. The van der Waals surface area contributed by atoms with Gasteiger partial charge < -0.3 is 0 Å². The van der Waals surface area contributed by atoms with Gasteiger partial charge in [0.25, 0.3) is 0 Å². The zero-order chi connectivity index (χ0) is 4.41. The summed E-state index contributed by atoms with van der Waals surface area (Å²) in [7, 11) is 0. The van der Waals surface area contributed by atoms with Gasteiger partial charge in [0.1, 0.15) is 0 Å². The monoisotopic (exact) mass is 248 g/mol. The van der Waals surface area contributed by atoms with Crippen LogP contribution in [0.1, 0.15) is 0 Å². The van der Waals surface area contributed by atoms with Crippen molar-refractivity contribution in [1.29, 1.82) is 0 Å². The fraction of sp³-hybridized carbons (Fsp3) is 0.333. The Labute approximate surface area is 57.1 Å². The summed E-state index contributed by atoms with van der Waals surface area (Å²) in [4.78, 5) is 0.